The first-order valence-corrected chi connectivity index (χ1v) is 5.72. The molecule has 0 unspecified atom stereocenters. The van der Waals surface area contributed by atoms with Crippen LogP contribution >= 0.6 is 11.1 Å². The highest BCUT2D eigenvalue weighted by atomic mass is 35.6. The second kappa shape index (κ2) is 2.33. The average molecular weight is 138 g/mol. The zero-order valence-electron chi connectivity index (χ0n) is 4.19. The van der Waals surface area contributed by atoms with Gasteiger partial charge >= 0.3 is 14.1 Å². The maximum absolute atomic E-state index is 9.42. The smallest absolute Gasteiger partial charge is 0.403 e. The van der Waals surface area contributed by atoms with Crippen molar-refractivity contribution in [3.63, 3.8) is 0 Å². The molecule has 0 aliphatic heterocycles. The fourth-order valence-corrected chi connectivity index (χ4v) is 0.392. The minimum atomic E-state index is -2.11. The Bertz CT molecular complexity index is 67.8. The van der Waals surface area contributed by atoms with E-state index >= 15 is 0 Å². The van der Waals surface area contributed by atoms with Crippen molar-refractivity contribution in [1.82, 2.24) is 0 Å². The van der Waals surface area contributed by atoms with Crippen LogP contribution in [0.2, 0.25) is 13.1 Å². The Morgan fingerprint density at radius 3 is 2.14 bits per heavy atom. The summed E-state index contributed by atoms with van der Waals surface area (Å²) in [5.74, 6) is 0. The van der Waals surface area contributed by atoms with Crippen molar-refractivity contribution < 1.29 is 9.22 Å². The van der Waals surface area contributed by atoms with E-state index in [9.17, 15) is 4.79 Å². The first-order valence-electron chi connectivity index (χ1n) is 1.80. The summed E-state index contributed by atoms with van der Waals surface area (Å²) in [5.41, 5.74) is 0. The third-order valence-electron chi connectivity index (χ3n) is 0.284. The van der Waals surface area contributed by atoms with Crippen LogP contribution in [0.25, 0.3) is 0 Å². The van der Waals surface area contributed by atoms with Gasteiger partial charge in [0.25, 0.3) is 0 Å². The van der Waals surface area contributed by atoms with E-state index in [0.29, 0.717) is 0 Å². The molecule has 7 heavy (non-hydrogen) atoms. The largest absolute Gasteiger partial charge is 0.497 e. The van der Waals surface area contributed by atoms with Gasteiger partial charge in [0.15, 0.2) is 0 Å². The maximum Gasteiger partial charge on any atom is 0.403 e. The van der Waals surface area contributed by atoms with Crippen molar-refractivity contribution >= 4 is 25.2 Å². The summed E-state index contributed by atoms with van der Waals surface area (Å²) in [6.45, 7) is 4.68. The lowest BCUT2D eigenvalue weighted by molar-refractivity contribution is 0.447. The Labute approximate surface area is 48.3 Å². The highest BCUT2D eigenvalue weighted by Crippen LogP contribution is 2.05. The predicted octanol–water partition coefficient (Wildman–Crippen LogP) is 1.01. The summed E-state index contributed by atoms with van der Waals surface area (Å²) in [4.78, 5) is 9.42. The van der Waals surface area contributed by atoms with Crippen LogP contribution in [0.3, 0.4) is 0 Å². The van der Waals surface area contributed by atoms with Gasteiger partial charge < -0.3 is 4.43 Å². The van der Waals surface area contributed by atoms with Gasteiger partial charge in [0.05, 0.1) is 0 Å². The second-order valence-corrected chi connectivity index (χ2v) is 7.21. The van der Waals surface area contributed by atoms with Crippen LogP contribution in [-0.4, -0.2) is 14.1 Å². The van der Waals surface area contributed by atoms with E-state index in [1.54, 1.807) is 13.1 Å². The Kier molecular flexibility index (Phi) is 2.32. The fourth-order valence-electron chi connectivity index (χ4n) is 0.0991. The van der Waals surface area contributed by atoms with Crippen LogP contribution < -0.4 is 0 Å². The molecule has 2 nitrogen and oxygen atoms in total. The van der Waals surface area contributed by atoms with Crippen LogP contribution in [0.1, 0.15) is 0 Å². The van der Waals surface area contributed by atoms with Gasteiger partial charge in [-0.1, -0.05) is 0 Å². The highest BCUT2D eigenvalue weighted by Gasteiger charge is 2.18. The maximum atomic E-state index is 9.42. The normalized spacial score (nSPS) is 10.7. The molecule has 0 saturated heterocycles. The summed E-state index contributed by atoms with van der Waals surface area (Å²) in [6, 6.07) is 0. The number of carbonyl (C=O) groups excluding carboxylic acids is 1. The van der Waals surface area contributed by atoms with Crippen molar-refractivity contribution in [3.05, 3.63) is 0 Å². The van der Waals surface area contributed by atoms with Crippen LogP contribution in [0.15, 0.2) is 0 Å². The molecule has 0 aliphatic rings. The van der Waals surface area contributed by atoms with Crippen molar-refractivity contribution in [2.75, 3.05) is 0 Å². The number of rotatable bonds is 2. The van der Waals surface area contributed by atoms with Crippen LogP contribution in [0, 0.1) is 0 Å². The van der Waals surface area contributed by atoms with Crippen LogP contribution in [-0.2, 0) is 9.22 Å². The Hall–Kier alpha value is -0.0231. The third-order valence-corrected chi connectivity index (χ3v) is 1.08. The van der Waals surface area contributed by atoms with Gasteiger partial charge in [-0.15, -0.1) is 11.1 Å². The lowest BCUT2D eigenvalue weighted by Gasteiger charge is -2.06. The standard InChI is InChI=1S/C3H6ClO2Si/c1-7(2,4)6-3-5/h1-2H3. The van der Waals surface area contributed by atoms with E-state index < -0.39 is 7.63 Å². The summed E-state index contributed by atoms with van der Waals surface area (Å²) in [6.07, 6.45) is 0. The van der Waals surface area contributed by atoms with Crippen molar-refractivity contribution in [3.8, 4) is 0 Å². The van der Waals surface area contributed by atoms with E-state index in [4.69, 9.17) is 11.1 Å². The number of hydrogen-bond donors (Lipinski definition) is 0. The SMILES string of the molecule is C[Si](C)(Cl)O[C]=O. The molecule has 0 spiro atoms. The molecule has 0 rings (SSSR count). The summed E-state index contributed by atoms with van der Waals surface area (Å²) in [5, 5.41) is 0. The Balaban J connectivity index is 3.34. The zero-order chi connectivity index (χ0) is 5.91. The van der Waals surface area contributed by atoms with Crippen molar-refractivity contribution in [1.29, 1.82) is 0 Å². The quantitative estimate of drug-likeness (QED) is 0.420. The van der Waals surface area contributed by atoms with Gasteiger partial charge in [0, 0.05) is 0 Å². The van der Waals surface area contributed by atoms with Crippen molar-refractivity contribution in [2.45, 2.75) is 13.1 Å². The Morgan fingerprint density at radius 1 is 1.71 bits per heavy atom. The van der Waals surface area contributed by atoms with E-state index in [1.807, 2.05) is 0 Å². The predicted molar refractivity (Wildman–Crippen MR) is 30.1 cm³/mol. The minimum Gasteiger partial charge on any atom is -0.497 e. The number of halogens is 1. The van der Waals surface area contributed by atoms with Crippen LogP contribution in [0.5, 0.6) is 0 Å². The second-order valence-electron chi connectivity index (χ2n) is 1.55. The molecule has 0 fully saturated rings. The molecule has 1 radical (unpaired) electrons. The molecule has 0 N–H and O–H groups in total. The first kappa shape index (κ1) is 6.98. The average Bonchev–Trinajstić information content (AvgIpc) is 1.30. The lowest BCUT2D eigenvalue weighted by atomic mass is 11.7. The molecule has 0 aromatic carbocycles. The van der Waals surface area contributed by atoms with Gasteiger partial charge in [-0.05, 0) is 13.1 Å². The third kappa shape index (κ3) is 5.98. The van der Waals surface area contributed by atoms with Crippen molar-refractivity contribution in [2.24, 2.45) is 0 Å². The molecule has 41 valence electrons. The van der Waals surface area contributed by atoms with Gasteiger partial charge in [-0.25, -0.2) is 4.79 Å². The topological polar surface area (TPSA) is 26.3 Å². The Morgan fingerprint density at radius 2 is 2.14 bits per heavy atom. The summed E-state index contributed by atoms with van der Waals surface area (Å²) >= 11 is 5.49. The van der Waals surface area contributed by atoms with Gasteiger partial charge in [0.1, 0.15) is 0 Å². The monoisotopic (exact) mass is 137 g/mol. The molecule has 0 aliphatic carbocycles. The molecule has 0 amide bonds. The van der Waals surface area contributed by atoms with Gasteiger partial charge in [0.2, 0.25) is 0 Å². The highest BCUT2D eigenvalue weighted by molar-refractivity contribution is 7.15. The van der Waals surface area contributed by atoms with E-state index in [0.717, 1.165) is 0 Å². The van der Waals surface area contributed by atoms with Gasteiger partial charge in [-0.2, -0.15) is 0 Å². The van der Waals surface area contributed by atoms with E-state index in [-0.39, 0.29) is 0 Å². The number of hydrogen-bond acceptors (Lipinski definition) is 2. The fraction of sp³-hybridized carbons (Fsp3) is 0.667. The zero-order valence-corrected chi connectivity index (χ0v) is 5.95. The molecule has 0 saturated carbocycles. The molecular weight excluding hydrogens is 132 g/mol. The molecule has 4 heteroatoms. The minimum absolute atomic E-state index is 1.29. The van der Waals surface area contributed by atoms with Gasteiger partial charge in [-0.3, -0.25) is 0 Å². The molecule has 0 atom stereocenters. The first-order chi connectivity index (χ1) is 3.06. The molecule has 0 aromatic heterocycles. The molecule has 0 aromatic rings. The van der Waals surface area contributed by atoms with Crippen LogP contribution in [0.4, 0.5) is 0 Å². The molecular formula is C3H6ClO2Si. The molecule has 0 bridgehead atoms. The van der Waals surface area contributed by atoms with E-state index in [2.05, 4.69) is 4.43 Å². The summed E-state index contributed by atoms with van der Waals surface area (Å²) < 4.78 is 4.33. The lowest BCUT2D eigenvalue weighted by Crippen LogP contribution is -2.20. The summed E-state index contributed by atoms with van der Waals surface area (Å²) in [7, 11) is -2.11. The van der Waals surface area contributed by atoms with E-state index in [1.165, 1.54) is 6.47 Å². The molecule has 0 heterocycles.